The van der Waals surface area contributed by atoms with Gasteiger partial charge in [0, 0.05) is 24.9 Å². The molecule has 0 bridgehead atoms. The van der Waals surface area contributed by atoms with Crippen molar-refractivity contribution < 1.29 is 8.42 Å². The van der Waals surface area contributed by atoms with E-state index in [1.165, 1.54) is 21.8 Å². The zero-order valence-corrected chi connectivity index (χ0v) is 10.6. The van der Waals surface area contributed by atoms with Crippen LogP contribution in [0.25, 0.3) is 0 Å². The average molecular weight is 267 g/mol. The van der Waals surface area contributed by atoms with Gasteiger partial charge in [-0.3, -0.25) is 0 Å². The molecule has 0 amide bonds. The van der Waals surface area contributed by atoms with Crippen LogP contribution in [0.15, 0.2) is 10.4 Å². The molecular weight excluding hydrogens is 256 g/mol. The summed E-state index contributed by atoms with van der Waals surface area (Å²) < 4.78 is 25.7. The number of rotatable bonds is 3. The Morgan fingerprint density at radius 2 is 2.33 bits per heavy atom. The molecule has 2 heterocycles. The van der Waals surface area contributed by atoms with E-state index in [1.54, 1.807) is 6.92 Å². The number of hydrogen-bond acceptors (Lipinski definition) is 4. The molecule has 1 aliphatic rings. The van der Waals surface area contributed by atoms with Gasteiger partial charge < -0.3 is 0 Å². The van der Waals surface area contributed by atoms with Crippen LogP contribution in [-0.2, 0) is 10.0 Å². The molecule has 1 aromatic rings. The molecule has 1 aromatic heterocycles. The summed E-state index contributed by atoms with van der Waals surface area (Å²) in [5.74, 6) is 0.823. The second kappa shape index (κ2) is 4.01. The van der Waals surface area contributed by atoms with Crippen molar-refractivity contribution in [1.29, 1.82) is 0 Å². The van der Waals surface area contributed by atoms with Crippen molar-refractivity contribution in [3.8, 4) is 0 Å². The number of nitrogens with zero attached hydrogens (tertiary/aromatic N) is 2. The molecule has 0 aromatic carbocycles. The fraction of sp³-hybridized carbons (Fsp3) is 0.625. The lowest BCUT2D eigenvalue weighted by atomic mass is 10.1. The molecule has 1 fully saturated rings. The Hall–Kier alpha value is -0.170. The minimum Gasteiger partial charge on any atom is -0.249 e. The third kappa shape index (κ3) is 2.04. The first-order chi connectivity index (χ1) is 7.04. The fourth-order valence-corrected chi connectivity index (χ4v) is 4.46. The lowest BCUT2D eigenvalue weighted by Crippen LogP contribution is -2.50. The first-order valence-electron chi connectivity index (χ1n) is 4.52. The van der Waals surface area contributed by atoms with Crippen molar-refractivity contribution in [1.82, 2.24) is 9.29 Å². The van der Waals surface area contributed by atoms with Gasteiger partial charge in [-0.1, -0.05) is 0 Å². The Balaban J connectivity index is 2.15. The van der Waals surface area contributed by atoms with Crippen LogP contribution in [0.1, 0.15) is 5.01 Å². The standard InChI is InChI=1S/C8H11ClN2O2S2/c1-6-10-3-8(14-6)15(12,13)11-4-7(2-9)5-11/h3,7H,2,4-5H2,1H3. The summed E-state index contributed by atoms with van der Waals surface area (Å²) in [6, 6.07) is 0. The van der Waals surface area contributed by atoms with E-state index >= 15 is 0 Å². The Bertz CT molecular complexity index is 451. The van der Waals surface area contributed by atoms with Crippen molar-refractivity contribution in [2.45, 2.75) is 11.1 Å². The van der Waals surface area contributed by atoms with E-state index in [4.69, 9.17) is 11.6 Å². The molecule has 1 saturated heterocycles. The fourth-order valence-electron chi connectivity index (χ4n) is 1.40. The largest absolute Gasteiger partial charge is 0.254 e. The number of halogens is 1. The van der Waals surface area contributed by atoms with Crippen molar-refractivity contribution in [2.75, 3.05) is 19.0 Å². The minimum atomic E-state index is -3.29. The van der Waals surface area contributed by atoms with E-state index in [-0.39, 0.29) is 0 Å². The summed E-state index contributed by atoms with van der Waals surface area (Å²) in [5, 5.41) is 0.767. The third-order valence-electron chi connectivity index (χ3n) is 2.34. The van der Waals surface area contributed by atoms with Gasteiger partial charge in [0.15, 0.2) is 4.21 Å². The van der Waals surface area contributed by atoms with Crippen LogP contribution in [0, 0.1) is 12.8 Å². The van der Waals surface area contributed by atoms with Crippen molar-refractivity contribution in [3.05, 3.63) is 11.2 Å². The second-order valence-corrected chi connectivity index (χ2v) is 7.25. The topological polar surface area (TPSA) is 50.3 Å². The molecule has 0 saturated carbocycles. The lowest BCUT2D eigenvalue weighted by molar-refractivity contribution is 0.221. The van der Waals surface area contributed by atoms with Crippen LogP contribution >= 0.6 is 22.9 Å². The van der Waals surface area contributed by atoms with Gasteiger partial charge >= 0.3 is 0 Å². The molecule has 1 aliphatic heterocycles. The Kier molecular flexibility index (Phi) is 3.03. The van der Waals surface area contributed by atoms with E-state index < -0.39 is 10.0 Å². The number of hydrogen-bond donors (Lipinski definition) is 0. The van der Waals surface area contributed by atoms with E-state index in [0.717, 1.165) is 5.01 Å². The lowest BCUT2D eigenvalue weighted by Gasteiger charge is -2.36. The van der Waals surface area contributed by atoms with Gasteiger partial charge in [-0.15, -0.1) is 22.9 Å². The smallest absolute Gasteiger partial charge is 0.249 e. The zero-order valence-electron chi connectivity index (χ0n) is 8.18. The van der Waals surface area contributed by atoms with Gasteiger partial charge in [-0.2, -0.15) is 4.31 Å². The summed E-state index contributed by atoms with van der Waals surface area (Å²) in [5.41, 5.74) is 0. The Morgan fingerprint density at radius 1 is 1.67 bits per heavy atom. The van der Waals surface area contributed by atoms with Crippen LogP contribution in [0.5, 0.6) is 0 Å². The molecule has 0 radical (unpaired) electrons. The third-order valence-corrected chi connectivity index (χ3v) is 5.95. The SMILES string of the molecule is Cc1ncc(S(=O)(=O)N2CC(CCl)C2)s1. The van der Waals surface area contributed by atoms with E-state index in [1.807, 2.05) is 0 Å². The number of sulfonamides is 1. The number of aryl methyl sites for hydroxylation is 1. The first kappa shape index (κ1) is 11.3. The predicted molar refractivity (Wildman–Crippen MR) is 59.8 cm³/mol. The van der Waals surface area contributed by atoms with E-state index in [2.05, 4.69) is 4.98 Å². The van der Waals surface area contributed by atoms with E-state index in [0.29, 0.717) is 29.1 Å². The second-order valence-electron chi connectivity index (χ2n) is 3.54. The quantitative estimate of drug-likeness (QED) is 0.775. The van der Waals surface area contributed by atoms with Gasteiger partial charge in [-0.25, -0.2) is 13.4 Å². The average Bonchev–Trinajstić information content (AvgIpc) is 2.50. The minimum absolute atomic E-state index is 0.301. The highest BCUT2D eigenvalue weighted by atomic mass is 35.5. The van der Waals surface area contributed by atoms with Crippen LogP contribution in [0.2, 0.25) is 0 Å². The molecule has 0 unspecified atom stereocenters. The van der Waals surface area contributed by atoms with E-state index in [9.17, 15) is 8.42 Å². The number of thiazole rings is 1. The predicted octanol–water partition coefficient (Wildman–Crippen LogP) is 1.31. The van der Waals surface area contributed by atoms with Crippen LogP contribution in [0.3, 0.4) is 0 Å². The molecule has 0 spiro atoms. The maximum atomic E-state index is 11.9. The molecule has 4 nitrogen and oxygen atoms in total. The molecule has 0 aliphatic carbocycles. The summed E-state index contributed by atoms with van der Waals surface area (Å²) in [7, 11) is -3.29. The Morgan fingerprint density at radius 3 is 2.80 bits per heavy atom. The summed E-state index contributed by atoms with van der Waals surface area (Å²) >= 11 is 6.85. The molecule has 0 N–H and O–H groups in total. The molecule has 2 rings (SSSR count). The van der Waals surface area contributed by atoms with Crippen LogP contribution in [0.4, 0.5) is 0 Å². The summed E-state index contributed by atoms with van der Waals surface area (Å²) in [6.07, 6.45) is 1.42. The van der Waals surface area contributed by atoms with Crippen LogP contribution in [-0.4, -0.2) is 36.7 Å². The monoisotopic (exact) mass is 266 g/mol. The summed E-state index contributed by atoms with van der Waals surface area (Å²) in [6.45, 7) is 2.85. The number of alkyl halides is 1. The maximum absolute atomic E-state index is 11.9. The summed E-state index contributed by atoms with van der Waals surface area (Å²) in [4.78, 5) is 3.95. The molecular formula is C8H11ClN2O2S2. The molecule has 15 heavy (non-hydrogen) atoms. The van der Waals surface area contributed by atoms with Gasteiger partial charge in [0.2, 0.25) is 0 Å². The molecule has 84 valence electrons. The first-order valence-corrected chi connectivity index (χ1v) is 7.31. The highest BCUT2D eigenvalue weighted by molar-refractivity contribution is 7.91. The molecule has 0 atom stereocenters. The molecule has 7 heteroatoms. The maximum Gasteiger partial charge on any atom is 0.254 e. The highest BCUT2D eigenvalue weighted by Gasteiger charge is 2.36. The normalized spacial score (nSPS) is 19.1. The van der Waals surface area contributed by atoms with Crippen molar-refractivity contribution in [3.63, 3.8) is 0 Å². The highest BCUT2D eigenvalue weighted by Crippen LogP contribution is 2.28. The van der Waals surface area contributed by atoms with Gasteiger partial charge in [-0.05, 0) is 6.92 Å². The Labute approximate surface area is 97.9 Å². The zero-order chi connectivity index (χ0) is 11.1. The van der Waals surface area contributed by atoms with Crippen molar-refractivity contribution in [2.24, 2.45) is 5.92 Å². The van der Waals surface area contributed by atoms with Gasteiger partial charge in [0.05, 0.1) is 11.2 Å². The van der Waals surface area contributed by atoms with Crippen molar-refractivity contribution >= 4 is 33.0 Å². The number of aromatic nitrogens is 1. The van der Waals surface area contributed by atoms with Gasteiger partial charge in [0.1, 0.15) is 0 Å². The van der Waals surface area contributed by atoms with Gasteiger partial charge in [0.25, 0.3) is 10.0 Å². The van der Waals surface area contributed by atoms with Crippen LogP contribution < -0.4 is 0 Å².